The van der Waals surface area contributed by atoms with Crippen LogP contribution in [0.4, 0.5) is 0 Å². The highest BCUT2D eigenvalue weighted by Gasteiger charge is 2.29. The summed E-state index contributed by atoms with van der Waals surface area (Å²) in [6.45, 7) is 4.63. The van der Waals surface area contributed by atoms with Crippen LogP contribution in [0.25, 0.3) is 0 Å². The van der Waals surface area contributed by atoms with Crippen molar-refractivity contribution in [3.05, 3.63) is 28.2 Å². The van der Waals surface area contributed by atoms with E-state index in [-0.39, 0.29) is 16.8 Å². The van der Waals surface area contributed by atoms with Crippen LogP contribution in [0.5, 0.6) is 0 Å². The second-order valence-corrected chi connectivity index (χ2v) is 8.97. The molecule has 0 N–H and O–H groups in total. The molecule has 1 saturated carbocycles. The minimum absolute atomic E-state index is 0.0674. The number of carbonyl (C=O) groups excluding carboxylic acids is 1. The van der Waals surface area contributed by atoms with Crippen molar-refractivity contribution in [3.63, 3.8) is 0 Å². The third-order valence-electron chi connectivity index (χ3n) is 3.48. The summed E-state index contributed by atoms with van der Waals surface area (Å²) in [5, 5.41) is 0. The predicted octanol–water partition coefficient (Wildman–Crippen LogP) is 3.64. The lowest BCUT2D eigenvalue weighted by molar-refractivity contribution is 0.0696. The molecule has 7 heteroatoms. The normalized spacial score (nSPS) is 15.3. The third-order valence-corrected chi connectivity index (χ3v) is 5.79. The molecular weight excluding hydrogens is 378 g/mol. The van der Waals surface area contributed by atoms with Crippen molar-refractivity contribution in [3.8, 4) is 0 Å². The Balaban J connectivity index is 2.33. The number of halogens is 2. The first-order valence-electron chi connectivity index (χ1n) is 6.75. The summed E-state index contributed by atoms with van der Waals surface area (Å²) in [4.78, 5) is 14.3. The number of hydrogen-bond donors (Lipinski definition) is 0. The van der Waals surface area contributed by atoms with Crippen molar-refractivity contribution >= 4 is 41.6 Å². The van der Waals surface area contributed by atoms with Crippen LogP contribution in [-0.2, 0) is 9.05 Å². The van der Waals surface area contributed by atoms with Crippen molar-refractivity contribution in [2.45, 2.75) is 37.6 Å². The topological polar surface area (TPSA) is 54.5 Å². The van der Waals surface area contributed by atoms with E-state index in [0.717, 1.165) is 19.4 Å². The maximum absolute atomic E-state index is 12.6. The van der Waals surface area contributed by atoms with Gasteiger partial charge in [-0.15, -0.1) is 0 Å². The highest BCUT2D eigenvalue weighted by Crippen LogP contribution is 2.31. The lowest BCUT2D eigenvalue weighted by Crippen LogP contribution is -2.38. The van der Waals surface area contributed by atoms with E-state index in [2.05, 4.69) is 15.9 Å². The Morgan fingerprint density at radius 1 is 1.43 bits per heavy atom. The highest BCUT2D eigenvalue weighted by molar-refractivity contribution is 9.10. The van der Waals surface area contributed by atoms with E-state index >= 15 is 0 Å². The van der Waals surface area contributed by atoms with E-state index in [1.807, 2.05) is 13.8 Å². The van der Waals surface area contributed by atoms with Gasteiger partial charge in [0.2, 0.25) is 0 Å². The van der Waals surface area contributed by atoms with Gasteiger partial charge in [-0.1, -0.05) is 0 Å². The summed E-state index contributed by atoms with van der Waals surface area (Å²) in [7, 11) is 1.50. The van der Waals surface area contributed by atoms with Gasteiger partial charge in [-0.2, -0.15) is 0 Å². The fourth-order valence-corrected chi connectivity index (χ4v) is 4.21. The number of rotatable bonds is 5. The molecule has 0 heterocycles. The molecule has 0 saturated heterocycles. The Morgan fingerprint density at radius 2 is 2.05 bits per heavy atom. The molecule has 1 aromatic rings. The predicted molar refractivity (Wildman–Crippen MR) is 86.1 cm³/mol. The molecule has 1 aliphatic carbocycles. The lowest BCUT2D eigenvalue weighted by atomic mass is 10.1. The maximum Gasteiger partial charge on any atom is 0.262 e. The minimum Gasteiger partial charge on any atom is -0.336 e. The first kappa shape index (κ1) is 16.8. The van der Waals surface area contributed by atoms with Crippen LogP contribution in [0.3, 0.4) is 0 Å². The van der Waals surface area contributed by atoms with Gasteiger partial charge in [-0.25, -0.2) is 8.42 Å². The van der Waals surface area contributed by atoms with Crippen molar-refractivity contribution in [1.82, 2.24) is 4.90 Å². The molecular formula is C14H17BrClNO3S. The molecule has 4 nitrogen and oxygen atoms in total. The third kappa shape index (κ3) is 4.20. The van der Waals surface area contributed by atoms with Gasteiger partial charge in [0.25, 0.3) is 15.0 Å². The second-order valence-electron chi connectivity index (χ2n) is 5.58. The van der Waals surface area contributed by atoms with Gasteiger partial charge in [-0.05, 0) is 66.7 Å². The summed E-state index contributed by atoms with van der Waals surface area (Å²) < 4.78 is 23.4. The lowest BCUT2D eigenvalue weighted by Gasteiger charge is -2.27. The van der Waals surface area contributed by atoms with E-state index in [1.165, 1.54) is 12.1 Å². The van der Waals surface area contributed by atoms with Crippen LogP contribution in [0, 0.1) is 5.92 Å². The monoisotopic (exact) mass is 393 g/mol. The molecule has 0 atom stereocenters. The van der Waals surface area contributed by atoms with Gasteiger partial charge in [-0.3, -0.25) is 4.79 Å². The van der Waals surface area contributed by atoms with Crippen LogP contribution in [0.2, 0.25) is 0 Å². The fourth-order valence-electron chi connectivity index (χ4n) is 2.10. The Labute approximate surface area is 138 Å². The summed E-state index contributed by atoms with van der Waals surface area (Å²) in [5.74, 6) is 0.411. The van der Waals surface area contributed by atoms with Crippen LogP contribution in [-0.4, -0.2) is 31.8 Å². The fraction of sp³-hybridized carbons (Fsp3) is 0.500. The van der Waals surface area contributed by atoms with Crippen molar-refractivity contribution < 1.29 is 13.2 Å². The molecule has 0 spiro atoms. The number of nitrogens with zero attached hydrogens (tertiary/aromatic N) is 1. The number of hydrogen-bond acceptors (Lipinski definition) is 3. The van der Waals surface area contributed by atoms with Crippen LogP contribution < -0.4 is 0 Å². The first-order chi connectivity index (χ1) is 9.70. The van der Waals surface area contributed by atoms with E-state index in [0.29, 0.717) is 16.0 Å². The van der Waals surface area contributed by atoms with Gasteiger partial charge in [0.05, 0.1) is 4.90 Å². The Kier molecular flexibility index (Phi) is 5.00. The zero-order valence-corrected chi connectivity index (χ0v) is 15.0. The molecule has 0 aromatic heterocycles. The van der Waals surface area contributed by atoms with Crippen molar-refractivity contribution in [2.75, 3.05) is 6.54 Å². The molecule has 1 aliphatic rings. The van der Waals surface area contributed by atoms with Crippen molar-refractivity contribution in [2.24, 2.45) is 5.92 Å². The summed E-state index contributed by atoms with van der Waals surface area (Å²) >= 11 is 3.14. The Morgan fingerprint density at radius 3 is 2.52 bits per heavy atom. The first-order valence-corrected chi connectivity index (χ1v) is 9.85. The average molecular weight is 395 g/mol. The van der Waals surface area contributed by atoms with E-state index in [4.69, 9.17) is 10.7 Å². The Bertz CT molecular complexity index is 656. The molecule has 1 aromatic carbocycles. The molecule has 1 fully saturated rings. The number of benzene rings is 1. The van der Waals surface area contributed by atoms with Gasteiger partial charge in [0.1, 0.15) is 0 Å². The maximum atomic E-state index is 12.6. The largest absolute Gasteiger partial charge is 0.336 e. The second kappa shape index (κ2) is 6.26. The molecule has 0 radical (unpaired) electrons. The quantitative estimate of drug-likeness (QED) is 0.717. The molecule has 116 valence electrons. The molecule has 2 rings (SSSR count). The van der Waals surface area contributed by atoms with Gasteiger partial charge >= 0.3 is 0 Å². The Hall–Kier alpha value is -0.590. The molecule has 1 amide bonds. The van der Waals surface area contributed by atoms with Crippen LogP contribution in [0.1, 0.15) is 37.0 Å². The van der Waals surface area contributed by atoms with Crippen molar-refractivity contribution in [1.29, 1.82) is 0 Å². The summed E-state index contributed by atoms with van der Waals surface area (Å²) in [6.07, 6.45) is 2.30. The number of carbonyl (C=O) groups is 1. The SMILES string of the molecule is CC(C)N(CC1CC1)C(=O)c1ccc(Br)c(S(=O)(=O)Cl)c1. The molecule has 0 aliphatic heterocycles. The van der Waals surface area contributed by atoms with E-state index in [9.17, 15) is 13.2 Å². The highest BCUT2D eigenvalue weighted by atomic mass is 79.9. The van der Waals surface area contributed by atoms with E-state index in [1.54, 1.807) is 11.0 Å². The van der Waals surface area contributed by atoms with Crippen LogP contribution >= 0.6 is 26.6 Å². The smallest absolute Gasteiger partial charge is 0.262 e. The standard InChI is InChI=1S/C14H17BrClNO3S/c1-9(2)17(8-10-3-4-10)14(18)11-5-6-12(15)13(7-11)21(16,19)20/h5-7,9-10H,3-4,8H2,1-2H3. The molecule has 21 heavy (non-hydrogen) atoms. The molecule has 0 bridgehead atoms. The summed E-state index contributed by atoms with van der Waals surface area (Å²) in [6, 6.07) is 4.55. The number of amides is 1. The van der Waals surface area contributed by atoms with Gasteiger partial charge in [0.15, 0.2) is 0 Å². The van der Waals surface area contributed by atoms with Crippen LogP contribution in [0.15, 0.2) is 27.6 Å². The average Bonchev–Trinajstić information content (AvgIpc) is 3.18. The van der Waals surface area contributed by atoms with Gasteiger partial charge < -0.3 is 4.90 Å². The minimum atomic E-state index is -3.89. The van der Waals surface area contributed by atoms with Gasteiger partial charge in [0, 0.05) is 33.3 Å². The van der Waals surface area contributed by atoms with E-state index < -0.39 is 9.05 Å². The zero-order valence-electron chi connectivity index (χ0n) is 11.8. The zero-order chi connectivity index (χ0) is 15.8. The molecule has 0 unspecified atom stereocenters. The summed E-state index contributed by atoms with van der Waals surface area (Å²) in [5.41, 5.74) is 0.340.